The number of halogens is 2. The molecule has 0 fully saturated rings. The number of hydrogen-bond acceptors (Lipinski definition) is 5. The van der Waals surface area contributed by atoms with E-state index >= 15 is 0 Å². The van der Waals surface area contributed by atoms with Crippen LogP contribution in [0, 0.1) is 0 Å². The van der Waals surface area contributed by atoms with Gasteiger partial charge in [-0.3, -0.25) is 0 Å². The van der Waals surface area contributed by atoms with Crippen LogP contribution in [0.2, 0.25) is 10.0 Å². The molecule has 0 heterocycles. The maximum atomic E-state index is 11.6. The first-order valence-electron chi connectivity index (χ1n) is 7.98. The highest BCUT2D eigenvalue weighted by Gasteiger charge is 2.19. The molecule has 146 valence electrons. The van der Waals surface area contributed by atoms with Crippen molar-refractivity contribution >= 4 is 50.3 Å². The van der Waals surface area contributed by atoms with Gasteiger partial charge in [0.15, 0.2) is 0 Å². The molecule has 0 aliphatic carbocycles. The van der Waals surface area contributed by atoms with Crippen LogP contribution in [0.5, 0.6) is 0 Å². The molecule has 3 aromatic carbocycles. The van der Waals surface area contributed by atoms with Crippen LogP contribution >= 0.6 is 23.2 Å². The van der Waals surface area contributed by atoms with Gasteiger partial charge < -0.3 is 0 Å². The summed E-state index contributed by atoms with van der Waals surface area (Å²) in [6, 6.07) is 16.2. The number of benzene rings is 3. The monoisotopic (exact) mass is 446 g/mol. The number of primary sulfonamides is 1. The van der Waals surface area contributed by atoms with Crippen LogP contribution in [0.25, 0.3) is 21.6 Å². The van der Waals surface area contributed by atoms with Gasteiger partial charge in [-0.05, 0) is 41.4 Å². The summed E-state index contributed by atoms with van der Waals surface area (Å²) in [5.41, 5.74) is 10.7. The third kappa shape index (κ3) is 4.73. The fourth-order valence-corrected chi connectivity index (χ4v) is 3.93. The summed E-state index contributed by atoms with van der Waals surface area (Å²) in [6.45, 7) is 0. The van der Waals surface area contributed by atoms with Crippen molar-refractivity contribution in [3.05, 3.63) is 81.2 Å². The Kier molecular flexibility index (Phi) is 6.17. The number of azo groups is 1. The van der Waals surface area contributed by atoms with Crippen LogP contribution in [-0.2, 0) is 10.0 Å². The van der Waals surface area contributed by atoms with Gasteiger partial charge in [0.05, 0.1) is 32.0 Å². The van der Waals surface area contributed by atoms with Gasteiger partial charge in [-0.1, -0.05) is 58.6 Å². The standard InChI is InChI=1S/C18H12Cl2N6O2S/c19-14-9-12(29(22,27)28)10-15(20)17(14)13-7-4-8-16(18(13)25-26-21)24-23-11-5-2-1-3-6-11/h1-10H,(H2,22,27,28). The van der Waals surface area contributed by atoms with E-state index in [0.29, 0.717) is 11.3 Å². The molecule has 11 heteroatoms. The van der Waals surface area contributed by atoms with Gasteiger partial charge >= 0.3 is 0 Å². The summed E-state index contributed by atoms with van der Waals surface area (Å²) in [4.78, 5) is 2.61. The zero-order valence-electron chi connectivity index (χ0n) is 14.6. The second-order valence-corrected chi connectivity index (χ2v) is 8.08. The first kappa shape index (κ1) is 20.8. The van der Waals surface area contributed by atoms with E-state index in [4.69, 9.17) is 33.9 Å². The average molecular weight is 447 g/mol. The minimum Gasteiger partial charge on any atom is -0.225 e. The van der Waals surface area contributed by atoms with Crippen molar-refractivity contribution in [2.45, 2.75) is 4.90 Å². The molecule has 3 rings (SSSR count). The lowest BCUT2D eigenvalue weighted by atomic mass is 10.0. The Labute approximate surface area is 176 Å². The Morgan fingerprint density at radius 1 is 0.931 bits per heavy atom. The molecule has 0 unspecified atom stereocenters. The predicted molar refractivity (Wildman–Crippen MR) is 113 cm³/mol. The lowest BCUT2D eigenvalue weighted by molar-refractivity contribution is 0.598. The molecular weight excluding hydrogens is 435 g/mol. The number of rotatable bonds is 5. The highest BCUT2D eigenvalue weighted by molar-refractivity contribution is 7.89. The zero-order chi connectivity index (χ0) is 21.0. The van der Waals surface area contributed by atoms with E-state index in [2.05, 4.69) is 20.3 Å². The number of azide groups is 1. The van der Waals surface area contributed by atoms with Crippen molar-refractivity contribution in [1.29, 1.82) is 0 Å². The summed E-state index contributed by atoms with van der Waals surface area (Å²) < 4.78 is 23.2. The predicted octanol–water partition coefficient (Wildman–Crippen LogP) is 6.67. The molecule has 2 N–H and O–H groups in total. The summed E-state index contributed by atoms with van der Waals surface area (Å²) in [6.07, 6.45) is 0. The fourth-order valence-electron chi connectivity index (χ4n) is 2.54. The van der Waals surface area contributed by atoms with Gasteiger partial charge in [0.25, 0.3) is 0 Å². The molecule has 0 aliphatic rings. The van der Waals surface area contributed by atoms with E-state index < -0.39 is 10.0 Å². The van der Waals surface area contributed by atoms with Gasteiger partial charge in [0.1, 0.15) is 0 Å². The molecule has 3 aromatic rings. The molecule has 0 bridgehead atoms. The van der Waals surface area contributed by atoms with Gasteiger partial charge in [0.2, 0.25) is 10.0 Å². The molecule has 0 atom stereocenters. The van der Waals surface area contributed by atoms with Crippen molar-refractivity contribution < 1.29 is 8.42 Å². The minimum atomic E-state index is -4.00. The maximum Gasteiger partial charge on any atom is 0.238 e. The molecule has 0 amide bonds. The molecule has 0 aliphatic heterocycles. The van der Waals surface area contributed by atoms with Crippen molar-refractivity contribution in [3.8, 4) is 11.1 Å². The van der Waals surface area contributed by atoms with Crippen molar-refractivity contribution in [1.82, 2.24) is 0 Å². The van der Waals surface area contributed by atoms with Crippen molar-refractivity contribution in [3.63, 3.8) is 0 Å². The van der Waals surface area contributed by atoms with E-state index in [1.165, 1.54) is 12.1 Å². The Morgan fingerprint density at radius 2 is 1.59 bits per heavy atom. The van der Waals surface area contributed by atoms with Crippen LogP contribution in [0.4, 0.5) is 17.1 Å². The van der Waals surface area contributed by atoms with E-state index in [9.17, 15) is 8.42 Å². The molecule has 0 aromatic heterocycles. The molecule has 29 heavy (non-hydrogen) atoms. The summed E-state index contributed by atoms with van der Waals surface area (Å²) >= 11 is 12.6. The van der Waals surface area contributed by atoms with E-state index in [1.54, 1.807) is 30.3 Å². The highest BCUT2D eigenvalue weighted by atomic mass is 35.5. The molecule has 0 saturated heterocycles. The molecule has 0 radical (unpaired) electrons. The second-order valence-electron chi connectivity index (χ2n) is 5.71. The van der Waals surface area contributed by atoms with E-state index in [1.807, 2.05) is 18.2 Å². The first-order valence-corrected chi connectivity index (χ1v) is 10.3. The molecule has 8 nitrogen and oxygen atoms in total. The fraction of sp³-hybridized carbons (Fsp3) is 0. The molecular formula is C18H12Cl2N6O2S. The smallest absolute Gasteiger partial charge is 0.225 e. The Hall–Kier alpha value is -2.94. The largest absolute Gasteiger partial charge is 0.238 e. The summed E-state index contributed by atoms with van der Waals surface area (Å²) in [7, 11) is -4.00. The Balaban J connectivity index is 2.19. The topological polar surface area (TPSA) is 134 Å². The third-order valence-corrected chi connectivity index (χ3v) is 5.29. The number of nitrogens with zero attached hydrogens (tertiary/aromatic N) is 5. The SMILES string of the molecule is [N-]=[N+]=Nc1c(N=Nc2ccccc2)cccc1-c1c(Cl)cc(S(N)(=O)=O)cc1Cl. The van der Waals surface area contributed by atoms with Gasteiger partial charge in [-0.15, -0.1) is 0 Å². The zero-order valence-corrected chi connectivity index (χ0v) is 16.9. The normalized spacial score (nSPS) is 11.4. The summed E-state index contributed by atoms with van der Waals surface area (Å²) in [5.74, 6) is 0. The quantitative estimate of drug-likeness (QED) is 0.266. The number of nitrogens with two attached hydrogens (primary N) is 1. The van der Waals surface area contributed by atoms with Crippen LogP contribution in [0.1, 0.15) is 0 Å². The molecule has 0 spiro atoms. The van der Waals surface area contributed by atoms with E-state index in [0.717, 1.165) is 0 Å². The Morgan fingerprint density at radius 3 is 2.17 bits per heavy atom. The lowest BCUT2D eigenvalue weighted by Gasteiger charge is -2.13. The second kappa shape index (κ2) is 8.60. The average Bonchev–Trinajstić information content (AvgIpc) is 2.67. The van der Waals surface area contributed by atoms with Gasteiger partial charge in [-0.25, -0.2) is 13.6 Å². The van der Waals surface area contributed by atoms with Crippen LogP contribution < -0.4 is 5.14 Å². The third-order valence-electron chi connectivity index (χ3n) is 3.80. The van der Waals surface area contributed by atoms with E-state index in [-0.39, 0.29) is 31.9 Å². The minimum absolute atomic E-state index is 0.0214. The van der Waals surface area contributed by atoms with Crippen LogP contribution in [0.15, 0.2) is 80.9 Å². The first-order chi connectivity index (χ1) is 13.8. The van der Waals surface area contributed by atoms with Gasteiger partial charge in [-0.2, -0.15) is 10.2 Å². The number of sulfonamides is 1. The highest BCUT2D eigenvalue weighted by Crippen LogP contribution is 2.45. The van der Waals surface area contributed by atoms with Crippen LogP contribution in [-0.4, -0.2) is 8.42 Å². The number of hydrogen-bond donors (Lipinski definition) is 1. The van der Waals surface area contributed by atoms with Crippen molar-refractivity contribution in [2.24, 2.45) is 20.5 Å². The summed E-state index contributed by atoms with van der Waals surface area (Å²) in [5, 5.41) is 17.2. The van der Waals surface area contributed by atoms with Gasteiger partial charge in [0, 0.05) is 10.5 Å². The molecule has 0 saturated carbocycles. The lowest BCUT2D eigenvalue weighted by Crippen LogP contribution is -2.12. The van der Waals surface area contributed by atoms with Crippen LogP contribution in [0.3, 0.4) is 0 Å². The Bertz CT molecular complexity index is 1230. The maximum absolute atomic E-state index is 11.6. The van der Waals surface area contributed by atoms with Crippen molar-refractivity contribution in [2.75, 3.05) is 0 Å².